The van der Waals surface area contributed by atoms with E-state index in [4.69, 9.17) is 4.74 Å². The Kier molecular flexibility index (Phi) is 2.52. The molecule has 3 rings (SSSR count). The molecule has 1 aliphatic heterocycles. The predicted molar refractivity (Wildman–Crippen MR) is 68.0 cm³/mol. The monoisotopic (exact) mass is 262 g/mol. The fourth-order valence-electron chi connectivity index (χ4n) is 3.98. The van der Waals surface area contributed by atoms with Gasteiger partial charge in [0, 0.05) is 5.57 Å². The van der Waals surface area contributed by atoms with Crippen molar-refractivity contribution in [3.63, 3.8) is 0 Å². The van der Waals surface area contributed by atoms with Crippen LogP contribution in [0, 0.1) is 23.2 Å². The molecule has 0 bridgehead atoms. The van der Waals surface area contributed by atoms with Crippen molar-refractivity contribution < 1.29 is 19.4 Å². The van der Waals surface area contributed by atoms with Crippen LogP contribution in [0.1, 0.15) is 20.3 Å². The van der Waals surface area contributed by atoms with Crippen molar-refractivity contribution >= 4 is 11.8 Å². The lowest BCUT2D eigenvalue weighted by molar-refractivity contribution is -0.140. The van der Waals surface area contributed by atoms with E-state index in [-0.39, 0.29) is 23.7 Å². The van der Waals surface area contributed by atoms with Crippen LogP contribution in [-0.4, -0.2) is 29.1 Å². The van der Waals surface area contributed by atoms with E-state index in [1.807, 2.05) is 13.0 Å². The van der Waals surface area contributed by atoms with Crippen LogP contribution in [0.15, 0.2) is 24.3 Å². The smallest absolute Gasteiger partial charge is 0.334 e. The van der Waals surface area contributed by atoms with Crippen LogP contribution in [0.3, 0.4) is 0 Å². The number of hydrogen-bond acceptors (Lipinski definition) is 4. The molecule has 0 aromatic carbocycles. The molecule has 19 heavy (non-hydrogen) atoms. The molecule has 2 fully saturated rings. The number of fused-ring (bicyclic) bond motifs is 2. The summed E-state index contributed by atoms with van der Waals surface area (Å²) in [6, 6.07) is 0. The van der Waals surface area contributed by atoms with Crippen LogP contribution in [0.25, 0.3) is 0 Å². The quantitative estimate of drug-likeness (QED) is 0.527. The molecule has 0 aromatic heterocycles. The summed E-state index contributed by atoms with van der Waals surface area (Å²) in [6.07, 6.45) is 2.83. The zero-order valence-corrected chi connectivity index (χ0v) is 11.1. The molecule has 0 radical (unpaired) electrons. The van der Waals surface area contributed by atoms with Gasteiger partial charge in [0.05, 0.1) is 17.4 Å². The van der Waals surface area contributed by atoms with E-state index < -0.39 is 23.4 Å². The number of esters is 1. The topological polar surface area (TPSA) is 63.6 Å². The first-order chi connectivity index (χ1) is 8.87. The lowest BCUT2D eigenvalue weighted by atomic mass is 9.67. The number of rotatable bonds is 0. The molecule has 1 N–H and O–H groups in total. The highest BCUT2D eigenvalue weighted by Crippen LogP contribution is 2.52. The molecule has 102 valence electrons. The fourth-order valence-corrected chi connectivity index (χ4v) is 3.98. The Labute approximate surface area is 112 Å². The highest BCUT2D eigenvalue weighted by molar-refractivity contribution is 5.99. The van der Waals surface area contributed by atoms with Gasteiger partial charge >= 0.3 is 5.97 Å². The first-order valence-corrected chi connectivity index (χ1v) is 6.68. The van der Waals surface area contributed by atoms with Crippen molar-refractivity contribution in [2.45, 2.75) is 32.5 Å². The summed E-state index contributed by atoms with van der Waals surface area (Å²) in [7, 11) is 0. The number of carbonyl (C=O) groups is 2. The number of carbonyl (C=O) groups excluding carboxylic acids is 2. The van der Waals surface area contributed by atoms with Gasteiger partial charge in [0.15, 0.2) is 5.78 Å². The largest absolute Gasteiger partial charge is 0.458 e. The van der Waals surface area contributed by atoms with Gasteiger partial charge in [-0.3, -0.25) is 4.79 Å². The maximum absolute atomic E-state index is 12.2. The second-order valence-corrected chi connectivity index (χ2v) is 6.18. The Morgan fingerprint density at radius 1 is 1.47 bits per heavy atom. The molecule has 1 saturated heterocycles. The van der Waals surface area contributed by atoms with Crippen LogP contribution in [0.4, 0.5) is 0 Å². The van der Waals surface area contributed by atoms with Crippen molar-refractivity contribution in [2.75, 3.05) is 0 Å². The molecule has 0 amide bonds. The zero-order chi connectivity index (χ0) is 13.9. The molecule has 4 nitrogen and oxygen atoms in total. The molecule has 6 atom stereocenters. The minimum atomic E-state index is -0.922. The summed E-state index contributed by atoms with van der Waals surface area (Å²) in [4.78, 5) is 23.9. The van der Waals surface area contributed by atoms with Crippen LogP contribution in [-0.2, 0) is 14.3 Å². The summed E-state index contributed by atoms with van der Waals surface area (Å²) in [6.45, 7) is 7.57. The van der Waals surface area contributed by atoms with Crippen molar-refractivity contribution in [1.29, 1.82) is 0 Å². The number of allylic oxidation sites excluding steroid dienone is 2. The minimum absolute atomic E-state index is 0.00731. The normalized spacial score (nSPS) is 48.8. The SMILES string of the molecule is C=C1C(=O)O[C@@H]2C[C@@H](C)[C@H]3C=CC(=O)[C@]3(C)[C@@H](O)[C@@H]12. The molecule has 1 saturated carbocycles. The molecule has 2 aliphatic carbocycles. The molecule has 3 aliphatic rings. The van der Waals surface area contributed by atoms with E-state index in [9.17, 15) is 14.7 Å². The van der Waals surface area contributed by atoms with Gasteiger partial charge in [-0.25, -0.2) is 4.79 Å². The van der Waals surface area contributed by atoms with Gasteiger partial charge in [0.2, 0.25) is 0 Å². The maximum atomic E-state index is 12.2. The molecule has 0 aromatic rings. The lowest BCUT2D eigenvalue weighted by Gasteiger charge is -2.37. The zero-order valence-electron chi connectivity index (χ0n) is 11.1. The van der Waals surface area contributed by atoms with Gasteiger partial charge in [0.1, 0.15) is 6.10 Å². The number of aliphatic hydroxyl groups is 1. The number of aliphatic hydroxyl groups excluding tert-OH is 1. The van der Waals surface area contributed by atoms with Gasteiger partial charge in [-0.2, -0.15) is 0 Å². The number of ether oxygens (including phenoxy) is 1. The van der Waals surface area contributed by atoms with Crippen LogP contribution in [0.2, 0.25) is 0 Å². The van der Waals surface area contributed by atoms with Gasteiger partial charge in [0.25, 0.3) is 0 Å². The van der Waals surface area contributed by atoms with Crippen LogP contribution < -0.4 is 0 Å². The lowest BCUT2D eigenvalue weighted by Crippen LogP contribution is -2.46. The minimum Gasteiger partial charge on any atom is -0.458 e. The summed E-state index contributed by atoms with van der Waals surface area (Å²) in [5, 5.41) is 10.7. The van der Waals surface area contributed by atoms with Gasteiger partial charge in [-0.1, -0.05) is 19.6 Å². The highest BCUT2D eigenvalue weighted by atomic mass is 16.6. The Morgan fingerprint density at radius 3 is 2.84 bits per heavy atom. The number of hydrogen-bond donors (Lipinski definition) is 1. The van der Waals surface area contributed by atoms with Crippen molar-refractivity contribution in [1.82, 2.24) is 0 Å². The summed E-state index contributed by atoms with van der Waals surface area (Å²) >= 11 is 0. The van der Waals surface area contributed by atoms with Gasteiger partial charge < -0.3 is 9.84 Å². The third kappa shape index (κ3) is 1.43. The average Bonchev–Trinajstić information content (AvgIpc) is 2.77. The Hall–Kier alpha value is -1.42. The second kappa shape index (κ2) is 3.79. The maximum Gasteiger partial charge on any atom is 0.334 e. The van der Waals surface area contributed by atoms with E-state index in [1.165, 1.54) is 0 Å². The first kappa shape index (κ1) is 12.6. The first-order valence-electron chi connectivity index (χ1n) is 6.68. The molecular formula is C15H18O4. The van der Waals surface area contributed by atoms with E-state index in [0.717, 1.165) is 0 Å². The molecule has 0 spiro atoms. The summed E-state index contributed by atoms with van der Waals surface area (Å²) in [5.74, 6) is -0.802. The van der Waals surface area contributed by atoms with E-state index in [0.29, 0.717) is 12.0 Å². The average molecular weight is 262 g/mol. The highest BCUT2D eigenvalue weighted by Gasteiger charge is 2.59. The van der Waals surface area contributed by atoms with Crippen molar-refractivity contribution in [3.05, 3.63) is 24.3 Å². The van der Waals surface area contributed by atoms with E-state index in [2.05, 4.69) is 6.58 Å². The third-order valence-electron chi connectivity index (χ3n) is 5.17. The molecule has 1 heterocycles. The fraction of sp³-hybridized carbons (Fsp3) is 0.600. The number of ketones is 1. The summed E-state index contributed by atoms with van der Waals surface area (Å²) < 4.78 is 5.31. The van der Waals surface area contributed by atoms with Crippen LogP contribution in [0.5, 0.6) is 0 Å². The van der Waals surface area contributed by atoms with Gasteiger partial charge in [-0.15, -0.1) is 0 Å². The van der Waals surface area contributed by atoms with E-state index in [1.54, 1.807) is 13.0 Å². The molecule has 4 heteroatoms. The second-order valence-electron chi connectivity index (χ2n) is 6.18. The molecular weight excluding hydrogens is 244 g/mol. The Balaban J connectivity index is 2.08. The predicted octanol–water partition coefficient (Wildman–Crippen LogP) is 1.25. The third-order valence-corrected chi connectivity index (χ3v) is 5.17. The van der Waals surface area contributed by atoms with E-state index >= 15 is 0 Å². The van der Waals surface area contributed by atoms with Crippen molar-refractivity contribution in [3.8, 4) is 0 Å². The Bertz CT molecular complexity index is 506. The summed E-state index contributed by atoms with van der Waals surface area (Å²) in [5.41, 5.74) is -0.568. The van der Waals surface area contributed by atoms with Crippen molar-refractivity contribution in [2.24, 2.45) is 23.2 Å². The van der Waals surface area contributed by atoms with Crippen LogP contribution >= 0.6 is 0 Å². The standard InChI is InChI=1S/C15H18O4/c1-7-6-10-12(8(2)14(18)19-10)13(17)15(3)9(7)4-5-11(15)16/h4-5,7,9-10,12-13,17H,2,6H2,1,3H3/t7-,9-,10-,12+,13+,15-/m1/s1. The Morgan fingerprint density at radius 2 is 2.16 bits per heavy atom. The molecule has 0 unspecified atom stereocenters. The van der Waals surface area contributed by atoms with Gasteiger partial charge in [-0.05, 0) is 31.3 Å².